The van der Waals surface area contributed by atoms with E-state index in [1.54, 1.807) is 13.2 Å². The third-order valence-corrected chi connectivity index (χ3v) is 4.78. The van der Waals surface area contributed by atoms with E-state index in [0.29, 0.717) is 5.75 Å². The van der Waals surface area contributed by atoms with Crippen LogP contribution in [0.4, 0.5) is 0 Å². The number of aromatic nitrogens is 1. The van der Waals surface area contributed by atoms with Crippen LogP contribution in [-0.2, 0) is 11.2 Å². The van der Waals surface area contributed by atoms with Crippen molar-refractivity contribution < 1.29 is 19.0 Å². The number of rotatable bonds is 3. The van der Waals surface area contributed by atoms with Gasteiger partial charge in [0.05, 0.1) is 19.9 Å². The molecule has 0 N–H and O–H groups in total. The Labute approximate surface area is 157 Å². The summed E-state index contributed by atoms with van der Waals surface area (Å²) in [7, 11) is 2.98. The van der Waals surface area contributed by atoms with Gasteiger partial charge in [-0.15, -0.1) is 0 Å². The van der Waals surface area contributed by atoms with Crippen LogP contribution < -0.4 is 9.47 Å². The van der Waals surface area contributed by atoms with Gasteiger partial charge in [0.15, 0.2) is 11.5 Å². The second-order valence-corrected chi connectivity index (χ2v) is 7.24. The van der Waals surface area contributed by atoms with Crippen molar-refractivity contribution in [3.63, 3.8) is 0 Å². The normalized spacial score (nSPS) is 14.5. The van der Waals surface area contributed by atoms with Crippen LogP contribution in [0.1, 0.15) is 29.9 Å². The number of ether oxygens (including phenoxy) is 3. The maximum absolute atomic E-state index is 12.2. The van der Waals surface area contributed by atoms with Crippen LogP contribution in [0, 0.1) is 0 Å². The van der Waals surface area contributed by atoms with E-state index < -0.39 is 5.97 Å². The zero-order chi connectivity index (χ0) is 19.2. The number of carbonyl (C=O) groups excluding carboxylic acids is 1. The number of esters is 1. The lowest BCUT2D eigenvalue weighted by atomic mass is 9.93. The van der Waals surface area contributed by atoms with Gasteiger partial charge in [-0.25, -0.2) is 9.78 Å². The Balaban J connectivity index is 2.10. The van der Waals surface area contributed by atoms with Gasteiger partial charge in [0.1, 0.15) is 11.3 Å². The van der Waals surface area contributed by atoms with Crippen molar-refractivity contribution in [2.75, 3.05) is 14.2 Å². The molecule has 2 heterocycles. The molecule has 0 fully saturated rings. The van der Waals surface area contributed by atoms with Gasteiger partial charge in [0, 0.05) is 22.9 Å². The average Bonchev–Trinajstić information content (AvgIpc) is 3.01. The van der Waals surface area contributed by atoms with Crippen LogP contribution in [0.25, 0.3) is 22.0 Å². The molecule has 2 aromatic carbocycles. The first-order valence-electron chi connectivity index (χ1n) is 8.81. The summed E-state index contributed by atoms with van der Waals surface area (Å²) in [6.45, 7) is 4.10. The van der Waals surface area contributed by atoms with Gasteiger partial charge in [0.25, 0.3) is 0 Å². The van der Waals surface area contributed by atoms with Crippen molar-refractivity contribution in [1.29, 1.82) is 0 Å². The first kappa shape index (κ1) is 17.3. The zero-order valence-corrected chi connectivity index (χ0v) is 15.8. The van der Waals surface area contributed by atoms with E-state index in [1.807, 2.05) is 36.4 Å². The molecule has 0 saturated heterocycles. The molecule has 4 rings (SSSR count). The highest BCUT2D eigenvalue weighted by Gasteiger charge is 2.35. The van der Waals surface area contributed by atoms with Crippen molar-refractivity contribution >= 4 is 16.7 Å². The lowest BCUT2D eigenvalue weighted by Crippen LogP contribution is -2.24. The predicted molar refractivity (Wildman–Crippen MR) is 103 cm³/mol. The Morgan fingerprint density at radius 2 is 1.89 bits per heavy atom. The van der Waals surface area contributed by atoms with Gasteiger partial charge >= 0.3 is 5.97 Å². The van der Waals surface area contributed by atoms with Gasteiger partial charge in [-0.3, -0.25) is 0 Å². The van der Waals surface area contributed by atoms with Crippen molar-refractivity contribution in [3.8, 4) is 22.8 Å². The van der Waals surface area contributed by atoms with Crippen LogP contribution in [0.15, 0.2) is 42.5 Å². The lowest BCUT2D eigenvalue weighted by Gasteiger charge is -2.17. The van der Waals surface area contributed by atoms with E-state index in [2.05, 4.69) is 18.8 Å². The number of pyridine rings is 1. The largest absolute Gasteiger partial charge is 0.493 e. The maximum atomic E-state index is 12.2. The van der Waals surface area contributed by atoms with E-state index in [0.717, 1.165) is 39.8 Å². The molecule has 138 valence electrons. The number of hydrogen-bond donors (Lipinski definition) is 0. The van der Waals surface area contributed by atoms with Crippen molar-refractivity contribution in [2.45, 2.75) is 25.9 Å². The molecule has 0 atom stereocenters. The van der Waals surface area contributed by atoms with Crippen LogP contribution in [-0.4, -0.2) is 30.8 Å². The van der Waals surface area contributed by atoms with Gasteiger partial charge in [-0.1, -0.05) is 30.3 Å². The number of hydrogen-bond acceptors (Lipinski definition) is 5. The predicted octanol–water partition coefficient (Wildman–Crippen LogP) is 4.41. The first-order chi connectivity index (χ1) is 12.9. The molecule has 1 aromatic heterocycles. The topological polar surface area (TPSA) is 57.7 Å². The van der Waals surface area contributed by atoms with E-state index in [1.165, 1.54) is 7.11 Å². The SMILES string of the molecule is COC(=O)c1cc2cc(OC)c3c(c2c(-c2ccccc2)n1)CC(C)(C)O3. The molecule has 27 heavy (non-hydrogen) atoms. The number of benzene rings is 2. The standard InChI is InChI=1S/C22H21NO4/c1-22(2)12-15-18-14(11-17(25-3)20(15)27-22)10-16(21(24)26-4)23-19(18)13-8-6-5-7-9-13/h5-11H,12H2,1-4H3. The van der Waals surface area contributed by atoms with Gasteiger partial charge in [-0.05, 0) is 31.4 Å². The molecule has 3 aromatic rings. The fourth-order valence-corrected chi connectivity index (χ4v) is 3.65. The van der Waals surface area contributed by atoms with Crippen molar-refractivity contribution in [2.24, 2.45) is 0 Å². The van der Waals surface area contributed by atoms with Gasteiger partial charge in [-0.2, -0.15) is 0 Å². The first-order valence-corrected chi connectivity index (χ1v) is 8.81. The summed E-state index contributed by atoms with van der Waals surface area (Å²) in [5.74, 6) is 0.939. The Bertz CT molecular complexity index is 1040. The summed E-state index contributed by atoms with van der Waals surface area (Å²) < 4.78 is 16.6. The number of fused-ring (bicyclic) bond motifs is 3. The molecule has 0 aliphatic carbocycles. The van der Waals surface area contributed by atoms with E-state index in [-0.39, 0.29) is 11.3 Å². The minimum atomic E-state index is -0.467. The molecular formula is C22H21NO4. The Morgan fingerprint density at radius 1 is 1.15 bits per heavy atom. The summed E-state index contributed by atoms with van der Waals surface area (Å²) in [6, 6.07) is 13.5. The zero-order valence-electron chi connectivity index (χ0n) is 15.8. The summed E-state index contributed by atoms with van der Waals surface area (Å²) >= 11 is 0. The van der Waals surface area contributed by atoms with Gasteiger partial charge < -0.3 is 14.2 Å². The summed E-state index contributed by atoms with van der Waals surface area (Å²) in [6.07, 6.45) is 0.731. The Kier molecular flexibility index (Phi) is 4.02. The van der Waals surface area contributed by atoms with E-state index in [9.17, 15) is 4.79 Å². The molecular weight excluding hydrogens is 342 g/mol. The smallest absolute Gasteiger partial charge is 0.356 e. The molecule has 1 aliphatic rings. The molecule has 5 heteroatoms. The number of methoxy groups -OCH3 is 2. The summed E-state index contributed by atoms with van der Waals surface area (Å²) in [4.78, 5) is 16.8. The maximum Gasteiger partial charge on any atom is 0.356 e. The highest BCUT2D eigenvalue weighted by molar-refractivity contribution is 6.03. The Hall–Kier alpha value is -3.08. The Morgan fingerprint density at radius 3 is 2.56 bits per heavy atom. The molecule has 0 amide bonds. The fourth-order valence-electron chi connectivity index (χ4n) is 3.65. The van der Waals surface area contributed by atoms with Crippen molar-refractivity contribution in [3.05, 3.63) is 53.7 Å². The van der Waals surface area contributed by atoms with Crippen molar-refractivity contribution in [1.82, 2.24) is 4.98 Å². The minimum absolute atomic E-state index is 0.268. The average molecular weight is 363 g/mol. The minimum Gasteiger partial charge on any atom is -0.493 e. The molecule has 0 radical (unpaired) electrons. The summed E-state index contributed by atoms with van der Waals surface area (Å²) in [5.41, 5.74) is 2.67. The van der Waals surface area contributed by atoms with E-state index >= 15 is 0 Å². The molecule has 1 aliphatic heterocycles. The molecule has 5 nitrogen and oxygen atoms in total. The third kappa shape index (κ3) is 2.89. The number of nitrogens with zero attached hydrogens (tertiary/aromatic N) is 1. The van der Waals surface area contributed by atoms with Gasteiger partial charge in [0.2, 0.25) is 0 Å². The molecule has 0 unspecified atom stereocenters. The molecule has 0 bridgehead atoms. The van der Waals surface area contributed by atoms with Crippen LogP contribution in [0.3, 0.4) is 0 Å². The lowest BCUT2D eigenvalue weighted by molar-refractivity contribution is 0.0594. The highest BCUT2D eigenvalue weighted by atomic mass is 16.5. The second kappa shape index (κ2) is 6.27. The monoisotopic (exact) mass is 363 g/mol. The van der Waals surface area contributed by atoms with Crippen LogP contribution >= 0.6 is 0 Å². The quantitative estimate of drug-likeness (QED) is 0.645. The van der Waals surface area contributed by atoms with E-state index in [4.69, 9.17) is 14.2 Å². The number of carbonyl (C=O) groups is 1. The van der Waals surface area contributed by atoms with Crippen LogP contribution in [0.5, 0.6) is 11.5 Å². The second-order valence-electron chi connectivity index (χ2n) is 7.24. The molecule has 0 saturated carbocycles. The highest BCUT2D eigenvalue weighted by Crippen LogP contribution is 2.48. The molecule has 0 spiro atoms. The fraction of sp³-hybridized carbons (Fsp3) is 0.273. The third-order valence-electron chi connectivity index (χ3n) is 4.78. The summed E-state index contributed by atoms with van der Waals surface area (Å²) in [5, 5.41) is 1.86. The van der Waals surface area contributed by atoms with Crippen LogP contribution in [0.2, 0.25) is 0 Å².